The van der Waals surface area contributed by atoms with Gasteiger partial charge >= 0.3 is 6.18 Å². The number of nitrogens with zero attached hydrogens (tertiary/aromatic N) is 1. The number of para-hydroxylation sites is 2. The highest BCUT2D eigenvalue weighted by atomic mass is 19.4. The fourth-order valence-corrected chi connectivity index (χ4v) is 3.41. The Labute approximate surface area is 179 Å². The molecule has 32 heavy (non-hydrogen) atoms. The Morgan fingerprint density at radius 2 is 1.84 bits per heavy atom. The van der Waals surface area contributed by atoms with E-state index in [4.69, 9.17) is 4.42 Å². The van der Waals surface area contributed by atoms with Crippen LogP contribution in [-0.2, 0) is 15.8 Å². The lowest BCUT2D eigenvalue weighted by molar-refractivity contribution is -0.137. The maximum absolute atomic E-state index is 13.1. The summed E-state index contributed by atoms with van der Waals surface area (Å²) in [6.07, 6.45) is -3.75. The largest absolute Gasteiger partial charge is 0.459 e. The third-order valence-electron chi connectivity index (χ3n) is 4.84. The number of alkyl halides is 3. The Kier molecular flexibility index (Phi) is 5.43. The molecule has 1 aliphatic rings. The van der Waals surface area contributed by atoms with Gasteiger partial charge in [-0.15, -0.1) is 0 Å². The van der Waals surface area contributed by atoms with Crippen LogP contribution in [-0.4, -0.2) is 23.8 Å². The van der Waals surface area contributed by atoms with Crippen LogP contribution in [0.3, 0.4) is 0 Å². The molecule has 0 saturated carbocycles. The molecular weight excluding hydrogens is 427 g/mol. The van der Waals surface area contributed by atoms with E-state index in [2.05, 4.69) is 10.6 Å². The lowest BCUT2D eigenvalue weighted by atomic mass is 10.0. The molecule has 2 aromatic carbocycles. The fourth-order valence-electron chi connectivity index (χ4n) is 3.41. The fraction of sp³-hybridized carbons (Fsp3) is 0.136. The molecule has 0 spiro atoms. The van der Waals surface area contributed by atoms with E-state index in [0.29, 0.717) is 11.4 Å². The highest BCUT2D eigenvalue weighted by Gasteiger charge is 2.39. The molecule has 10 heteroatoms. The maximum atomic E-state index is 13.1. The summed E-state index contributed by atoms with van der Waals surface area (Å²) in [5, 5.41) is 5.01. The lowest BCUT2D eigenvalue weighted by Crippen LogP contribution is -2.52. The number of halogens is 3. The Morgan fingerprint density at radius 1 is 1.06 bits per heavy atom. The first-order chi connectivity index (χ1) is 15.2. The number of hydrogen-bond donors (Lipinski definition) is 2. The molecule has 1 aliphatic heterocycles. The molecule has 1 aromatic heterocycles. The molecule has 3 amide bonds. The highest BCUT2D eigenvalue weighted by molar-refractivity contribution is 6.17. The van der Waals surface area contributed by atoms with Gasteiger partial charge < -0.3 is 15.1 Å². The van der Waals surface area contributed by atoms with Crippen molar-refractivity contribution in [3.05, 3.63) is 78.3 Å². The highest BCUT2D eigenvalue weighted by Crippen LogP contribution is 2.34. The number of anilines is 3. The number of fused-ring (bicyclic) bond motifs is 1. The number of benzene rings is 2. The van der Waals surface area contributed by atoms with E-state index in [0.717, 1.165) is 23.1 Å². The molecule has 1 atom stereocenters. The molecule has 0 radical (unpaired) electrons. The first kappa shape index (κ1) is 21.2. The molecule has 3 aromatic rings. The van der Waals surface area contributed by atoms with Crippen LogP contribution in [0.5, 0.6) is 0 Å². The standard InChI is InChI=1S/C22H16F3N3O4/c23-22(24,25)13-5-3-6-14(11-13)26-19(29)12-17-20(30)27-15-7-1-2-8-16(15)28(17)21(31)18-9-4-10-32-18/h1-11,17H,12H2,(H,26,29)(H,27,30). The number of carbonyl (C=O) groups excluding carboxylic acids is 3. The van der Waals surface area contributed by atoms with Crippen LogP contribution in [0.2, 0.25) is 0 Å². The van der Waals surface area contributed by atoms with Gasteiger partial charge in [0, 0.05) is 5.69 Å². The minimum atomic E-state index is -4.57. The van der Waals surface area contributed by atoms with Gasteiger partial charge in [-0.25, -0.2) is 0 Å². The Morgan fingerprint density at radius 3 is 2.56 bits per heavy atom. The number of furan rings is 1. The van der Waals surface area contributed by atoms with E-state index >= 15 is 0 Å². The van der Waals surface area contributed by atoms with Gasteiger partial charge in [0.05, 0.1) is 29.6 Å². The van der Waals surface area contributed by atoms with Crippen LogP contribution in [0.4, 0.5) is 30.2 Å². The van der Waals surface area contributed by atoms with E-state index in [9.17, 15) is 27.6 Å². The van der Waals surface area contributed by atoms with Gasteiger partial charge in [0.1, 0.15) is 6.04 Å². The molecule has 0 saturated heterocycles. The van der Waals surface area contributed by atoms with Gasteiger partial charge in [-0.05, 0) is 42.5 Å². The third kappa shape index (κ3) is 4.20. The summed E-state index contributed by atoms with van der Waals surface area (Å²) in [6.45, 7) is 0. The van der Waals surface area contributed by atoms with E-state index in [1.165, 1.54) is 24.5 Å². The van der Waals surface area contributed by atoms with E-state index < -0.39 is 41.9 Å². The molecule has 4 rings (SSSR count). The number of amides is 3. The minimum absolute atomic E-state index is 0.0298. The van der Waals surface area contributed by atoms with Crippen molar-refractivity contribution in [3.8, 4) is 0 Å². The van der Waals surface area contributed by atoms with Gasteiger partial charge in [-0.3, -0.25) is 19.3 Å². The molecule has 0 fully saturated rings. The summed E-state index contributed by atoms with van der Waals surface area (Å²) in [5.41, 5.74) is -0.253. The zero-order chi connectivity index (χ0) is 22.9. The van der Waals surface area contributed by atoms with E-state index in [1.807, 2.05) is 0 Å². The molecular formula is C22H16F3N3O4. The molecule has 0 aliphatic carbocycles. The van der Waals surface area contributed by atoms with Gasteiger partial charge in [0.2, 0.25) is 11.8 Å². The Hall–Kier alpha value is -4.08. The van der Waals surface area contributed by atoms with Crippen LogP contribution >= 0.6 is 0 Å². The minimum Gasteiger partial charge on any atom is -0.459 e. The summed E-state index contributed by atoms with van der Waals surface area (Å²) in [4.78, 5) is 39.6. The second kappa shape index (κ2) is 8.22. The van der Waals surface area contributed by atoms with Crippen molar-refractivity contribution in [1.29, 1.82) is 0 Å². The van der Waals surface area contributed by atoms with Crippen molar-refractivity contribution in [2.45, 2.75) is 18.6 Å². The SMILES string of the molecule is O=C(CC1C(=O)Nc2ccccc2N1C(=O)c1ccco1)Nc1cccc(C(F)(F)F)c1. The topological polar surface area (TPSA) is 91.7 Å². The number of carbonyl (C=O) groups is 3. The average Bonchev–Trinajstić information content (AvgIpc) is 3.28. The number of nitrogens with one attached hydrogen (secondary N) is 2. The second-order valence-corrected chi connectivity index (χ2v) is 7.01. The zero-order valence-electron chi connectivity index (χ0n) is 16.3. The van der Waals surface area contributed by atoms with Crippen molar-refractivity contribution < 1.29 is 32.0 Å². The molecule has 7 nitrogen and oxygen atoms in total. The van der Waals surface area contributed by atoms with Crippen LogP contribution in [0.15, 0.2) is 71.3 Å². The van der Waals surface area contributed by atoms with Crippen molar-refractivity contribution >= 4 is 34.8 Å². The van der Waals surface area contributed by atoms with Crippen LogP contribution in [0, 0.1) is 0 Å². The molecule has 2 N–H and O–H groups in total. The van der Waals surface area contributed by atoms with Gasteiger partial charge in [0.25, 0.3) is 5.91 Å². The predicted octanol–water partition coefficient (Wildman–Crippen LogP) is 4.29. The van der Waals surface area contributed by atoms with E-state index in [1.54, 1.807) is 24.3 Å². The smallest absolute Gasteiger partial charge is 0.416 e. The molecule has 2 heterocycles. The predicted molar refractivity (Wildman–Crippen MR) is 109 cm³/mol. The number of hydrogen-bond acceptors (Lipinski definition) is 4. The lowest BCUT2D eigenvalue weighted by Gasteiger charge is -2.35. The summed E-state index contributed by atoms with van der Waals surface area (Å²) < 4.78 is 43.9. The third-order valence-corrected chi connectivity index (χ3v) is 4.84. The summed E-state index contributed by atoms with van der Waals surface area (Å²) in [7, 11) is 0. The Balaban J connectivity index is 1.60. The monoisotopic (exact) mass is 443 g/mol. The van der Waals surface area contributed by atoms with Crippen molar-refractivity contribution in [2.75, 3.05) is 15.5 Å². The quantitative estimate of drug-likeness (QED) is 0.629. The second-order valence-electron chi connectivity index (χ2n) is 7.01. The summed E-state index contributed by atoms with van der Waals surface area (Å²) in [6, 6.07) is 12.4. The Bertz CT molecular complexity index is 1180. The summed E-state index contributed by atoms with van der Waals surface area (Å²) >= 11 is 0. The van der Waals surface area contributed by atoms with Crippen LogP contribution < -0.4 is 15.5 Å². The normalized spacial score (nSPS) is 15.7. The van der Waals surface area contributed by atoms with Crippen LogP contribution in [0.25, 0.3) is 0 Å². The maximum Gasteiger partial charge on any atom is 0.416 e. The van der Waals surface area contributed by atoms with E-state index in [-0.39, 0.29) is 11.4 Å². The van der Waals surface area contributed by atoms with Gasteiger partial charge in [-0.2, -0.15) is 13.2 Å². The average molecular weight is 443 g/mol. The zero-order valence-corrected chi connectivity index (χ0v) is 16.3. The van der Waals surface area contributed by atoms with Crippen molar-refractivity contribution in [2.24, 2.45) is 0 Å². The first-order valence-electron chi connectivity index (χ1n) is 9.48. The molecule has 164 valence electrons. The van der Waals surface area contributed by atoms with Crippen LogP contribution in [0.1, 0.15) is 22.5 Å². The molecule has 0 bridgehead atoms. The van der Waals surface area contributed by atoms with Gasteiger partial charge in [0.15, 0.2) is 5.76 Å². The van der Waals surface area contributed by atoms with Crippen molar-refractivity contribution in [3.63, 3.8) is 0 Å². The molecule has 1 unspecified atom stereocenters. The number of rotatable bonds is 4. The van der Waals surface area contributed by atoms with Crippen molar-refractivity contribution in [1.82, 2.24) is 0 Å². The first-order valence-corrected chi connectivity index (χ1v) is 9.48. The van der Waals surface area contributed by atoms with Gasteiger partial charge in [-0.1, -0.05) is 18.2 Å². The summed E-state index contributed by atoms with van der Waals surface area (Å²) in [5.74, 6) is -2.00.